The molecule has 1 aliphatic heterocycles. The molecule has 0 spiro atoms. The van der Waals surface area contributed by atoms with E-state index in [-0.39, 0.29) is 4.47 Å². The number of alkyl halides is 2. The van der Waals surface area contributed by atoms with Gasteiger partial charge in [0.2, 0.25) is 0 Å². The van der Waals surface area contributed by atoms with Crippen LogP contribution in [0.1, 0.15) is 20.1 Å². The SMILES string of the molecule is CC(=O)OC[C@@]1(CCl)O[C@@H](n2cc(Br)c(=O)[nH]c2=O)[C@H](F)[C@@H]1OC(C)=O. The Hall–Kier alpha value is -1.72. The molecule has 12 heteroatoms. The summed E-state index contributed by atoms with van der Waals surface area (Å²) >= 11 is 8.85. The molecule has 2 heterocycles. The van der Waals surface area contributed by atoms with Crippen LogP contribution in [0.15, 0.2) is 20.3 Å². The Kier molecular flexibility index (Phi) is 6.25. The van der Waals surface area contributed by atoms with E-state index in [0.29, 0.717) is 0 Å². The normalized spacial score (nSPS) is 28.0. The van der Waals surface area contributed by atoms with Gasteiger partial charge in [0.25, 0.3) is 5.56 Å². The predicted molar refractivity (Wildman–Crippen MR) is 89.7 cm³/mol. The number of aromatic amines is 1. The molecule has 0 amide bonds. The molecular weight excluding hydrogens is 443 g/mol. The summed E-state index contributed by atoms with van der Waals surface area (Å²) in [7, 11) is 0. The van der Waals surface area contributed by atoms with Crippen LogP contribution in [0.4, 0.5) is 4.39 Å². The molecule has 144 valence electrons. The van der Waals surface area contributed by atoms with E-state index in [1.165, 1.54) is 0 Å². The topological polar surface area (TPSA) is 117 Å². The fourth-order valence-electron chi connectivity index (χ4n) is 2.51. The molecule has 1 aromatic heterocycles. The van der Waals surface area contributed by atoms with Crippen molar-refractivity contribution in [1.82, 2.24) is 9.55 Å². The van der Waals surface area contributed by atoms with Crippen LogP contribution in [0.2, 0.25) is 0 Å². The third-order valence-corrected chi connectivity index (χ3v) is 4.69. The molecule has 0 aliphatic carbocycles. The van der Waals surface area contributed by atoms with Gasteiger partial charge in [0.05, 0.1) is 10.4 Å². The maximum absolute atomic E-state index is 15.0. The number of hydrogen-bond donors (Lipinski definition) is 1. The van der Waals surface area contributed by atoms with Crippen LogP contribution in [0.25, 0.3) is 0 Å². The number of H-pyrrole nitrogens is 1. The van der Waals surface area contributed by atoms with Crippen LogP contribution in [-0.4, -0.2) is 51.9 Å². The van der Waals surface area contributed by atoms with Crippen molar-refractivity contribution in [3.8, 4) is 0 Å². The molecule has 0 aromatic carbocycles. The Bertz CT molecular complexity index is 828. The maximum atomic E-state index is 15.0. The highest BCUT2D eigenvalue weighted by Crippen LogP contribution is 2.41. The smallest absolute Gasteiger partial charge is 0.330 e. The van der Waals surface area contributed by atoms with Gasteiger partial charge < -0.3 is 14.2 Å². The third-order valence-electron chi connectivity index (χ3n) is 3.67. The fraction of sp³-hybridized carbons (Fsp3) is 0.571. The lowest BCUT2D eigenvalue weighted by Crippen LogP contribution is -2.50. The lowest BCUT2D eigenvalue weighted by atomic mass is 9.98. The molecule has 9 nitrogen and oxygen atoms in total. The Labute approximate surface area is 159 Å². The van der Waals surface area contributed by atoms with Gasteiger partial charge in [-0.3, -0.25) is 23.9 Å². The first-order chi connectivity index (χ1) is 12.1. The summed E-state index contributed by atoms with van der Waals surface area (Å²) in [5.74, 6) is -1.88. The number of halogens is 3. The van der Waals surface area contributed by atoms with E-state index in [1.807, 2.05) is 4.98 Å². The Morgan fingerprint density at radius 2 is 2.08 bits per heavy atom. The highest BCUT2D eigenvalue weighted by Gasteiger charge is 2.59. The molecule has 4 atom stereocenters. The van der Waals surface area contributed by atoms with Crippen LogP contribution in [0.3, 0.4) is 0 Å². The number of aromatic nitrogens is 2. The summed E-state index contributed by atoms with van der Waals surface area (Å²) in [6.07, 6.45) is -4.10. The average Bonchev–Trinajstić information content (AvgIpc) is 2.82. The van der Waals surface area contributed by atoms with Crippen molar-refractivity contribution in [2.75, 3.05) is 12.5 Å². The number of rotatable bonds is 5. The van der Waals surface area contributed by atoms with E-state index in [4.69, 9.17) is 25.8 Å². The van der Waals surface area contributed by atoms with Crippen LogP contribution in [0.5, 0.6) is 0 Å². The van der Waals surface area contributed by atoms with Crippen molar-refractivity contribution >= 4 is 39.5 Å². The second kappa shape index (κ2) is 7.89. The first-order valence-corrected chi connectivity index (χ1v) is 8.63. The van der Waals surface area contributed by atoms with E-state index in [1.54, 1.807) is 0 Å². The largest absolute Gasteiger partial charge is 0.463 e. The Morgan fingerprint density at radius 1 is 1.42 bits per heavy atom. The number of carbonyl (C=O) groups excluding carboxylic acids is 2. The van der Waals surface area contributed by atoms with Gasteiger partial charge in [-0.05, 0) is 15.9 Å². The maximum Gasteiger partial charge on any atom is 0.330 e. The molecule has 0 radical (unpaired) electrons. The Morgan fingerprint density at radius 3 is 2.62 bits per heavy atom. The monoisotopic (exact) mass is 456 g/mol. The minimum Gasteiger partial charge on any atom is -0.463 e. The van der Waals surface area contributed by atoms with Crippen molar-refractivity contribution < 1.29 is 28.2 Å². The van der Waals surface area contributed by atoms with Gasteiger partial charge in [-0.15, -0.1) is 11.6 Å². The fourth-order valence-corrected chi connectivity index (χ4v) is 3.12. The molecule has 26 heavy (non-hydrogen) atoms. The minimum absolute atomic E-state index is 0.0414. The number of esters is 2. The number of ether oxygens (including phenoxy) is 3. The van der Waals surface area contributed by atoms with Crippen molar-refractivity contribution in [2.24, 2.45) is 0 Å². The molecule has 0 bridgehead atoms. The molecule has 1 aromatic rings. The van der Waals surface area contributed by atoms with Gasteiger partial charge in [-0.1, -0.05) is 0 Å². The molecule has 1 N–H and O–H groups in total. The van der Waals surface area contributed by atoms with Gasteiger partial charge in [0.1, 0.15) is 6.61 Å². The zero-order valence-electron chi connectivity index (χ0n) is 13.7. The highest BCUT2D eigenvalue weighted by molar-refractivity contribution is 9.10. The van der Waals surface area contributed by atoms with E-state index >= 15 is 4.39 Å². The van der Waals surface area contributed by atoms with E-state index in [2.05, 4.69) is 15.9 Å². The first kappa shape index (κ1) is 20.6. The van der Waals surface area contributed by atoms with E-state index < -0.39 is 59.8 Å². The lowest BCUT2D eigenvalue weighted by Gasteiger charge is -2.30. The van der Waals surface area contributed by atoms with Crippen molar-refractivity contribution in [2.45, 2.75) is 38.0 Å². The van der Waals surface area contributed by atoms with Gasteiger partial charge in [-0.25, -0.2) is 9.18 Å². The molecule has 2 rings (SSSR count). The average molecular weight is 458 g/mol. The number of carbonyl (C=O) groups is 2. The molecule has 1 fully saturated rings. The quantitative estimate of drug-likeness (QED) is 0.509. The second-order valence-corrected chi connectivity index (χ2v) is 6.73. The Balaban J connectivity index is 2.49. The molecule has 0 unspecified atom stereocenters. The van der Waals surface area contributed by atoms with Gasteiger partial charge in [-0.2, -0.15) is 0 Å². The predicted octanol–water partition coefficient (Wildman–Crippen LogP) is 0.638. The van der Waals surface area contributed by atoms with Gasteiger partial charge in [0, 0.05) is 20.0 Å². The summed E-state index contributed by atoms with van der Waals surface area (Å²) in [5.41, 5.74) is -3.37. The third kappa shape index (κ3) is 3.99. The van der Waals surface area contributed by atoms with E-state index in [9.17, 15) is 19.2 Å². The zero-order chi connectivity index (χ0) is 19.6. The van der Waals surface area contributed by atoms with Crippen LogP contribution in [-0.2, 0) is 23.8 Å². The van der Waals surface area contributed by atoms with Crippen LogP contribution >= 0.6 is 27.5 Å². The molecule has 1 aliphatic rings. The van der Waals surface area contributed by atoms with Gasteiger partial charge in [0.15, 0.2) is 24.1 Å². The highest BCUT2D eigenvalue weighted by atomic mass is 79.9. The summed E-state index contributed by atoms with van der Waals surface area (Å²) < 4.78 is 31.3. The van der Waals surface area contributed by atoms with Crippen molar-refractivity contribution in [3.63, 3.8) is 0 Å². The number of nitrogens with zero attached hydrogens (tertiary/aromatic N) is 1. The van der Waals surface area contributed by atoms with E-state index in [0.717, 1.165) is 24.6 Å². The second-order valence-electron chi connectivity index (χ2n) is 5.61. The molecule has 1 saturated heterocycles. The standard InChI is InChI=1S/C14H15BrClFN2O7/c1-6(20)24-5-14(4-16)10(25-7(2)21)9(17)12(26-14)19-3-8(15)11(22)18-13(19)23/h3,9-10,12H,4-5H2,1-2H3,(H,18,22,23)/t9-,10+,12-,14-/m1/s1. The summed E-state index contributed by atoms with van der Waals surface area (Å²) in [6.45, 7) is 1.69. The number of nitrogens with one attached hydrogen (secondary N) is 1. The minimum atomic E-state index is -2.02. The van der Waals surface area contributed by atoms with Crippen LogP contribution < -0.4 is 11.2 Å². The summed E-state index contributed by atoms with van der Waals surface area (Å²) in [4.78, 5) is 48.0. The van der Waals surface area contributed by atoms with Crippen molar-refractivity contribution in [1.29, 1.82) is 0 Å². The summed E-state index contributed by atoms with van der Waals surface area (Å²) in [5, 5.41) is 0. The summed E-state index contributed by atoms with van der Waals surface area (Å²) in [6, 6.07) is 0. The number of hydrogen-bond acceptors (Lipinski definition) is 7. The zero-order valence-corrected chi connectivity index (χ0v) is 16.0. The van der Waals surface area contributed by atoms with Gasteiger partial charge >= 0.3 is 17.6 Å². The first-order valence-electron chi connectivity index (χ1n) is 7.30. The molecule has 0 saturated carbocycles. The van der Waals surface area contributed by atoms with Crippen molar-refractivity contribution in [3.05, 3.63) is 31.5 Å². The van der Waals surface area contributed by atoms with Crippen LogP contribution in [0, 0.1) is 0 Å². The molecular formula is C14H15BrClFN2O7. The lowest BCUT2D eigenvalue weighted by molar-refractivity contribution is -0.171.